The molecule has 4 rings (SSSR count). The first-order chi connectivity index (χ1) is 15.0. The minimum atomic E-state index is -0.745. The first-order valence-electron chi connectivity index (χ1n) is 9.19. The number of benzene rings is 2. The van der Waals surface area contributed by atoms with E-state index in [1.165, 1.54) is 17.6 Å². The zero-order valence-electron chi connectivity index (χ0n) is 16.2. The highest BCUT2D eigenvalue weighted by molar-refractivity contribution is 8.03. The summed E-state index contributed by atoms with van der Waals surface area (Å²) in [7, 11) is 0. The van der Waals surface area contributed by atoms with Gasteiger partial charge in [0.2, 0.25) is 11.0 Å². The quantitative estimate of drug-likeness (QED) is 0.272. The standard InChI is InChI=1S/C21H15N5O3S2/c1-2-12-5-3-4-6-16(12)26-19(28)14(18(27)25-21(26)29)10-23-20-24-15-8-7-13(30-11-22)9-17(15)31-20/h3-10,28H,2H2,1H3,(H,25,27,29). The Hall–Kier alpha value is -3.68. The van der Waals surface area contributed by atoms with E-state index in [1.807, 2.05) is 30.5 Å². The molecule has 0 atom stereocenters. The molecule has 0 fully saturated rings. The molecular formula is C21H15N5O3S2. The summed E-state index contributed by atoms with van der Waals surface area (Å²) in [5, 5.41) is 21.9. The van der Waals surface area contributed by atoms with Crippen molar-refractivity contribution in [1.29, 1.82) is 5.26 Å². The minimum absolute atomic E-state index is 0.148. The number of fused-ring (bicyclic) bond motifs is 1. The molecule has 0 unspecified atom stereocenters. The fraction of sp³-hybridized carbons (Fsp3) is 0.0952. The number of thiazole rings is 1. The van der Waals surface area contributed by atoms with Crippen LogP contribution in [0, 0.1) is 10.7 Å². The summed E-state index contributed by atoms with van der Waals surface area (Å²) in [6.45, 7) is 1.93. The molecule has 4 aromatic rings. The van der Waals surface area contributed by atoms with Crippen LogP contribution in [-0.4, -0.2) is 25.9 Å². The maximum absolute atomic E-state index is 12.4. The number of hydrogen-bond donors (Lipinski definition) is 2. The number of nitriles is 1. The molecule has 0 amide bonds. The van der Waals surface area contributed by atoms with Crippen molar-refractivity contribution in [2.75, 3.05) is 0 Å². The zero-order valence-corrected chi connectivity index (χ0v) is 17.8. The van der Waals surface area contributed by atoms with E-state index < -0.39 is 17.1 Å². The second kappa shape index (κ2) is 8.59. The number of aromatic amines is 1. The Labute approximate surface area is 184 Å². The molecule has 0 aliphatic rings. The second-order valence-electron chi connectivity index (χ2n) is 6.39. The lowest BCUT2D eigenvalue weighted by Crippen LogP contribution is -2.31. The molecule has 0 aliphatic heterocycles. The number of H-pyrrole nitrogens is 1. The predicted octanol–water partition coefficient (Wildman–Crippen LogP) is 3.73. The maximum Gasteiger partial charge on any atom is 0.335 e. The van der Waals surface area contributed by atoms with Gasteiger partial charge in [0.05, 0.1) is 15.9 Å². The summed E-state index contributed by atoms with van der Waals surface area (Å²) in [6.07, 6.45) is 1.84. The lowest BCUT2D eigenvalue weighted by molar-refractivity contribution is 0.429. The summed E-state index contributed by atoms with van der Waals surface area (Å²) in [4.78, 5) is 36.4. The number of aromatic nitrogens is 3. The fourth-order valence-corrected chi connectivity index (χ4v) is 4.43. The van der Waals surface area contributed by atoms with Crippen LogP contribution in [0.5, 0.6) is 5.88 Å². The van der Waals surface area contributed by atoms with E-state index in [0.717, 1.165) is 31.5 Å². The molecule has 154 valence electrons. The lowest BCUT2D eigenvalue weighted by Gasteiger charge is -2.12. The molecule has 0 saturated heterocycles. The third kappa shape index (κ3) is 4.01. The van der Waals surface area contributed by atoms with Crippen LogP contribution in [0.15, 0.2) is 61.9 Å². The molecule has 2 aromatic heterocycles. The normalized spacial score (nSPS) is 11.2. The van der Waals surface area contributed by atoms with Gasteiger partial charge in [0.25, 0.3) is 5.56 Å². The molecule has 2 aromatic carbocycles. The van der Waals surface area contributed by atoms with E-state index in [2.05, 4.69) is 15.0 Å². The molecule has 31 heavy (non-hydrogen) atoms. The van der Waals surface area contributed by atoms with E-state index in [-0.39, 0.29) is 5.56 Å². The van der Waals surface area contributed by atoms with Gasteiger partial charge in [-0.2, -0.15) is 5.26 Å². The van der Waals surface area contributed by atoms with Gasteiger partial charge < -0.3 is 5.11 Å². The van der Waals surface area contributed by atoms with Crippen molar-refractivity contribution >= 4 is 44.7 Å². The number of para-hydroxylation sites is 1. The molecule has 2 heterocycles. The highest BCUT2D eigenvalue weighted by Gasteiger charge is 2.16. The Morgan fingerprint density at radius 3 is 2.90 bits per heavy atom. The maximum atomic E-state index is 12.4. The number of nitrogens with one attached hydrogen (secondary N) is 1. The summed E-state index contributed by atoms with van der Waals surface area (Å²) >= 11 is 2.34. The Bertz CT molecular complexity index is 1480. The van der Waals surface area contributed by atoms with Crippen LogP contribution in [0.4, 0.5) is 5.13 Å². The Balaban J connectivity index is 1.78. The molecule has 0 radical (unpaired) electrons. The minimum Gasteiger partial charge on any atom is -0.493 e. The number of rotatable bonds is 5. The van der Waals surface area contributed by atoms with Crippen LogP contribution >= 0.6 is 23.1 Å². The average Bonchev–Trinajstić information content (AvgIpc) is 3.16. The van der Waals surface area contributed by atoms with Gasteiger partial charge in [0, 0.05) is 11.1 Å². The van der Waals surface area contributed by atoms with Crippen LogP contribution in [0.2, 0.25) is 0 Å². The number of nitrogens with zero attached hydrogens (tertiary/aromatic N) is 4. The third-order valence-electron chi connectivity index (χ3n) is 4.55. The number of aliphatic imine (C=N–C) groups is 1. The average molecular weight is 450 g/mol. The molecule has 10 heteroatoms. The number of aromatic hydroxyl groups is 1. The molecule has 0 bridgehead atoms. The van der Waals surface area contributed by atoms with Gasteiger partial charge >= 0.3 is 5.69 Å². The topological polar surface area (TPSA) is 124 Å². The fourth-order valence-electron chi connectivity index (χ4n) is 3.09. The summed E-state index contributed by atoms with van der Waals surface area (Å²) < 4.78 is 1.90. The number of thiocyanates is 1. The Morgan fingerprint density at radius 1 is 1.32 bits per heavy atom. The van der Waals surface area contributed by atoms with E-state index in [1.54, 1.807) is 24.3 Å². The van der Waals surface area contributed by atoms with E-state index in [0.29, 0.717) is 22.8 Å². The van der Waals surface area contributed by atoms with E-state index in [9.17, 15) is 14.7 Å². The Morgan fingerprint density at radius 2 is 2.13 bits per heavy atom. The zero-order chi connectivity index (χ0) is 22.0. The molecule has 0 saturated carbocycles. The van der Waals surface area contributed by atoms with Gasteiger partial charge in [-0.25, -0.2) is 19.3 Å². The molecule has 0 spiro atoms. The summed E-state index contributed by atoms with van der Waals surface area (Å²) in [5.41, 5.74) is 0.409. The first kappa shape index (κ1) is 20.6. The van der Waals surface area contributed by atoms with Crippen LogP contribution in [0.25, 0.3) is 15.9 Å². The van der Waals surface area contributed by atoms with Crippen molar-refractivity contribution in [3.05, 3.63) is 74.4 Å². The summed E-state index contributed by atoms with van der Waals surface area (Å²) in [5.74, 6) is -0.493. The van der Waals surface area contributed by atoms with Gasteiger partial charge in [-0.3, -0.25) is 9.78 Å². The molecule has 8 nitrogen and oxygen atoms in total. The Kier molecular flexibility index (Phi) is 5.70. The number of hydrogen-bond acceptors (Lipinski definition) is 8. The van der Waals surface area contributed by atoms with Crippen molar-refractivity contribution in [3.63, 3.8) is 0 Å². The van der Waals surface area contributed by atoms with Gasteiger partial charge in [-0.1, -0.05) is 36.5 Å². The smallest absolute Gasteiger partial charge is 0.335 e. The van der Waals surface area contributed by atoms with Crippen LogP contribution in [0.3, 0.4) is 0 Å². The van der Waals surface area contributed by atoms with Crippen molar-refractivity contribution in [2.24, 2.45) is 4.99 Å². The van der Waals surface area contributed by atoms with Crippen molar-refractivity contribution < 1.29 is 5.11 Å². The van der Waals surface area contributed by atoms with Crippen LogP contribution in [0.1, 0.15) is 18.1 Å². The molecule has 0 aliphatic carbocycles. The third-order valence-corrected chi connectivity index (χ3v) is 6.06. The predicted molar refractivity (Wildman–Crippen MR) is 122 cm³/mol. The van der Waals surface area contributed by atoms with Crippen LogP contribution < -0.4 is 11.2 Å². The lowest BCUT2D eigenvalue weighted by atomic mass is 10.1. The monoisotopic (exact) mass is 449 g/mol. The van der Waals surface area contributed by atoms with Crippen molar-refractivity contribution in [1.82, 2.24) is 14.5 Å². The number of aryl methyl sites for hydroxylation is 1. The number of thioether (sulfide) groups is 1. The SMILES string of the molecule is CCc1ccccc1-n1c(O)c(C=Nc2nc3ccc(SC#N)cc3s2)c(=O)[nH]c1=O. The van der Waals surface area contributed by atoms with E-state index in [4.69, 9.17) is 5.26 Å². The van der Waals surface area contributed by atoms with Crippen molar-refractivity contribution in [2.45, 2.75) is 18.2 Å². The first-order valence-corrected chi connectivity index (χ1v) is 10.8. The largest absolute Gasteiger partial charge is 0.493 e. The van der Waals surface area contributed by atoms with Crippen LogP contribution in [-0.2, 0) is 6.42 Å². The second-order valence-corrected chi connectivity index (χ2v) is 8.26. The van der Waals surface area contributed by atoms with Gasteiger partial charge in [-0.15, -0.1) is 0 Å². The van der Waals surface area contributed by atoms with Gasteiger partial charge in [-0.05, 0) is 48.0 Å². The van der Waals surface area contributed by atoms with Gasteiger partial charge in [0.15, 0.2) is 0 Å². The summed E-state index contributed by atoms with van der Waals surface area (Å²) in [6, 6.07) is 12.6. The highest BCUT2D eigenvalue weighted by Crippen LogP contribution is 2.31. The van der Waals surface area contributed by atoms with E-state index >= 15 is 0 Å². The van der Waals surface area contributed by atoms with Gasteiger partial charge in [0.1, 0.15) is 11.0 Å². The highest BCUT2D eigenvalue weighted by atomic mass is 32.2. The molecular weight excluding hydrogens is 434 g/mol. The molecule has 2 N–H and O–H groups in total. The van der Waals surface area contributed by atoms with Crippen molar-refractivity contribution in [3.8, 4) is 17.0 Å².